The van der Waals surface area contributed by atoms with Crippen LogP contribution in [0, 0.1) is 0 Å². The Kier molecular flexibility index (Phi) is 7.71. The Hall–Kier alpha value is -3.71. The highest BCUT2D eigenvalue weighted by atomic mass is 32.2. The fraction of sp³-hybridized carbons (Fsp3) is 0.148. The third-order valence-corrected chi connectivity index (χ3v) is 9.54. The van der Waals surface area contributed by atoms with E-state index in [4.69, 9.17) is 0 Å². The van der Waals surface area contributed by atoms with Gasteiger partial charge >= 0.3 is 0 Å². The number of aromatic nitrogens is 3. The van der Waals surface area contributed by atoms with Gasteiger partial charge in [0.25, 0.3) is 0 Å². The first-order valence-corrected chi connectivity index (χ1v) is 16.4. The summed E-state index contributed by atoms with van der Waals surface area (Å²) in [5, 5.41) is 9.94. The van der Waals surface area contributed by atoms with E-state index in [0.717, 1.165) is 27.2 Å². The van der Waals surface area contributed by atoms with Gasteiger partial charge in [-0.15, -0.1) is 11.3 Å². The summed E-state index contributed by atoms with van der Waals surface area (Å²) < 4.78 is 48.4. The molecule has 5 aromatic rings. The summed E-state index contributed by atoms with van der Waals surface area (Å²) in [6.45, 7) is 0.846. The second-order valence-corrected chi connectivity index (χ2v) is 13.9. The lowest BCUT2D eigenvalue weighted by Crippen LogP contribution is -2.22. The zero-order valence-corrected chi connectivity index (χ0v) is 23.4. The van der Waals surface area contributed by atoms with Crippen molar-refractivity contribution in [3.8, 4) is 10.6 Å². The second kappa shape index (κ2) is 11.2. The minimum Gasteiger partial charge on any atom is -0.340 e. The minimum atomic E-state index is -3.60. The maximum absolute atomic E-state index is 12.9. The van der Waals surface area contributed by atoms with Gasteiger partial charge in [-0.1, -0.05) is 18.2 Å². The van der Waals surface area contributed by atoms with Gasteiger partial charge in [-0.3, -0.25) is 0 Å². The van der Waals surface area contributed by atoms with E-state index in [1.807, 2.05) is 23.6 Å². The first-order chi connectivity index (χ1) is 18.7. The molecule has 0 spiro atoms. The van der Waals surface area contributed by atoms with Crippen LogP contribution in [-0.2, 0) is 26.2 Å². The molecule has 39 heavy (non-hydrogen) atoms. The Balaban J connectivity index is 1.34. The van der Waals surface area contributed by atoms with Gasteiger partial charge in [0.1, 0.15) is 27.0 Å². The molecule has 3 aromatic carbocycles. The monoisotopic (exact) mass is 579 g/mol. The van der Waals surface area contributed by atoms with Gasteiger partial charge in [-0.2, -0.15) is 0 Å². The van der Waals surface area contributed by atoms with Gasteiger partial charge in [-0.05, 0) is 54.6 Å². The van der Waals surface area contributed by atoms with E-state index in [2.05, 4.69) is 25.6 Å². The van der Waals surface area contributed by atoms with Crippen molar-refractivity contribution in [3.05, 3.63) is 90.2 Å². The molecule has 12 heteroatoms. The van der Waals surface area contributed by atoms with Crippen LogP contribution in [0.4, 0.5) is 11.5 Å². The molecule has 0 aliphatic rings. The van der Waals surface area contributed by atoms with Crippen LogP contribution in [0.3, 0.4) is 0 Å². The van der Waals surface area contributed by atoms with Crippen molar-refractivity contribution < 1.29 is 16.8 Å². The summed E-state index contributed by atoms with van der Waals surface area (Å²) in [5.41, 5.74) is 3.16. The lowest BCUT2D eigenvalue weighted by Gasteiger charge is -2.10. The van der Waals surface area contributed by atoms with Crippen LogP contribution >= 0.6 is 11.3 Å². The molecule has 2 heterocycles. The van der Waals surface area contributed by atoms with Crippen LogP contribution in [0.5, 0.6) is 0 Å². The maximum atomic E-state index is 12.9. The van der Waals surface area contributed by atoms with Crippen molar-refractivity contribution in [2.75, 3.05) is 23.9 Å². The van der Waals surface area contributed by atoms with E-state index in [-0.39, 0.29) is 15.5 Å². The Bertz CT molecular complexity index is 1820. The van der Waals surface area contributed by atoms with Crippen LogP contribution in [0.15, 0.2) is 94.3 Å². The van der Waals surface area contributed by atoms with Gasteiger partial charge in [-0.25, -0.2) is 31.8 Å². The Labute approximate surface area is 230 Å². The van der Waals surface area contributed by atoms with Crippen LogP contribution in [-0.4, -0.2) is 50.3 Å². The average molecular weight is 580 g/mol. The first-order valence-electron chi connectivity index (χ1n) is 11.9. The molecule has 0 aliphatic heterocycles. The molecule has 0 fully saturated rings. The number of anilines is 2. The predicted molar refractivity (Wildman–Crippen MR) is 154 cm³/mol. The van der Waals surface area contributed by atoms with Crippen molar-refractivity contribution in [2.45, 2.75) is 16.3 Å². The molecule has 0 bridgehead atoms. The smallest absolute Gasteiger partial charge is 0.206 e. The highest BCUT2D eigenvalue weighted by Crippen LogP contribution is 2.31. The third kappa shape index (κ3) is 6.48. The van der Waals surface area contributed by atoms with Crippen LogP contribution < -0.4 is 10.6 Å². The summed E-state index contributed by atoms with van der Waals surface area (Å²) in [4.78, 5) is 13.9. The highest BCUT2D eigenvalue weighted by molar-refractivity contribution is 7.91. The minimum absolute atomic E-state index is 0.0794. The zero-order chi connectivity index (χ0) is 27.5. The predicted octanol–water partition coefficient (Wildman–Crippen LogP) is 4.46. The number of hydrogen-bond acceptors (Lipinski definition) is 10. The molecule has 0 radical (unpaired) electrons. The van der Waals surface area contributed by atoms with Crippen LogP contribution in [0.2, 0.25) is 0 Å². The molecule has 0 saturated carbocycles. The largest absolute Gasteiger partial charge is 0.340 e. The lowest BCUT2D eigenvalue weighted by molar-refractivity contribution is 0.594. The van der Waals surface area contributed by atoms with Gasteiger partial charge in [0.05, 0.1) is 26.8 Å². The van der Waals surface area contributed by atoms with E-state index in [1.54, 1.807) is 54.6 Å². The summed E-state index contributed by atoms with van der Waals surface area (Å²) in [7, 11) is -6.61. The Morgan fingerprint density at radius 1 is 0.872 bits per heavy atom. The number of rotatable bonds is 10. The van der Waals surface area contributed by atoms with Crippen molar-refractivity contribution in [3.63, 3.8) is 0 Å². The molecule has 0 aliphatic carbocycles. The van der Waals surface area contributed by atoms with E-state index in [1.165, 1.54) is 23.9 Å². The molecule has 0 saturated heterocycles. The summed E-state index contributed by atoms with van der Waals surface area (Å²) in [6.07, 6.45) is 2.69. The first kappa shape index (κ1) is 26.9. The van der Waals surface area contributed by atoms with E-state index in [9.17, 15) is 16.8 Å². The SMILES string of the molecule is CS(=O)(=O)CCNCc1csc(-c2ccc3ncnc(Nc4ccc(S(=O)(=O)c5ccccc5)cc4)c3c2)n1. The van der Waals surface area contributed by atoms with Gasteiger partial charge in [0.2, 0.25) is 9.84 Å². The van der Waals surface area contributed by atoms with Crippen LogP contribution in [0.25, 0.3) is 21.5 Å². The van der Waals surface area contributed by atoms with Crippen molar-refractivity contribution in [1.82, 2.24) is 20.3 Å². The quantitative estimate of drug-likeness (QED) is 0.230. The number of thiazole rings is 1. The number of benzene rings is 3. The fourth-order valence-corrected chi connectivity index (χ4v) is 6.49. The molecule has 0 atom stereocenters. The summed E-state index contributed by atoms with van der Waals surface area (Å²) in [6, 6.07) is 20.7. The maximum Gasteiger partial charge on any atom is 0.206 e. The van der Waals surface area contributed by atoms with E-state index < -0.39 is 19.7 Å². The van der Waals surface area contributed by atoms with E-state index in [0.29, 0.717) is 24.6 Å². The Morgan fingerprint density at radius 2 is 1.62 bits per heavy atom. The average Bonchev–Trinajstić information content (AvgIpc) is 3.40. The summed E-state index contributed by atoms with van der Waals surface area (Å²) in [5.74, 6) is 0.662. The molecule has 200 valence electrons. The second-order valence-electron chi connectivity index (χ2n) is 8.87. The van der Waals surface area contributed by atoms with Gasteiger partial charge in [0.15, 0.2) is 0 Å². The zero-order valence-electron chi connectivity index (χ0n) is 20.9. The van der Waals surface area contributed by atoms with Crippen molar-refractivity contribution >= 4 is 53.4 Å². The molecule has 9 nitrogen and oxygen atoms in total. The lowest BCUT2D eigenvalue weighted by atomic mass is 10.1. The number of sulfone groups is 2. The molecular weight excluding hydrogens is 555 g/mol. The number of hydrogen-bond donors (Lipinski definition) is 2. The highest BCUT2D eigenvalue weighted by Gasteiger charge is 2.17. The molecule has 0 amide bonds. The summed E-state index contributed by atoms with van der Waals surface area (Å²) >= 11 is 1.50. The van der Waals surface area contributed by atoms with E-state index >= 15 is 0 Å². The Morgan fingerprint density at radius 3 is 2.36 bits per heavy atom. The number of fused-ring (bicyclic) bond motifs is 1. The number of nitrogens with zero attached hydrogens (tertiary/aromatic N) is 3. The molecule has 2 N–H and O–H groups in total. The molecule has 2 aromatic heterocycles. The van der Waals surface area contributed by atoms with Crippen molar-refractivity contribution in [1.29, 1.82) is 0 Å². The third-order valence-electron chi connectivity index (χ3n) is 5.87. The standard InChI is InChI=1S/C27H25N5O4S3/c1-38(33,34)14-13-28-16-21-17-37-27(32-21)19-7-12-25-24(15-19)26(30-18-29-25)31-20-8-10-23(11-9-20)39(35,36)22-5-3-2-4-6-22/h2-12,15,17-18,28H,13-14,16H2,1H3,(H,29,30,31). The number of nitrogens with one attached hydrogen (secondary N) is 2. The van der Waals surface area contributed by atoms with Crippen LogP contribution in [0.1, 0.15) is 5.69 Å². The molecule has 0 unspecified atom stereocenters. The van der Waals surface area contributed by atoms with Crippen molar-refractivity contribution in [2.24, 2.45) is 0 Å². The van der Waals surface area contributed by atoms with Gasteiger partial charge in [0, 0.05) is 41.4 Å². The van der Waals surface area contributed by atoms with Gasteiger partial charge < -0.3 is 10.6 Å². The topological polar surface area (TPSA) is 131 Å². The molecular formula is C27H25N5O4S3. The molecule has 5 rings (SSSR count). The fourth-order valence-electron chi connectivity index (χ4n) is 3.87. The normalized spacial score (nSPS) is 12.0.